The van der Waals surface area contributed by atoms with Crippen molar-refractivity contribution in [3.8, 4) is 0 Å². The van der Waals surface area contributed by atoms with Crippen molar-refractivity contribution in [3.63, 3.8) is 0 Å². The molecule has 1 saturated heterocycles. The normalized spacial score (nSPS) is 21.6. The summed E-state index contributed by atoms with van der Waals surface area (Å²) in [5.41, 5.74) is 1.64. The van der Waals surface area contributed by atoms with Gasteiger partial charge in [-0.1, -0.05) is 52.4 Å². The third-order valence-electron chi connectivity index (χ3n) is 3.52. The van der Waals surface area contributed by atoms with Crippen LogP contribution in [0.4, 0.5) is 0 Å². The van der Waals surface area contributed by atoms with Crippen LogP contribution >= 0.6 is 15.9 Å². The average molecular weight is 318 g/mol. The van der Waals surface area contributed by atoms with Gasteiger partial charge < -0.3 is 4.90 Å². The van der Waals surface area contributed by atoms with Gasteiger partial charge >= 0.3 is 0 Å². The third-order valence-corrected chi connectivity index (χ3v) is 4.30. The highest BCUT2D eigenvalue weighted by atomic mass is 79.9. The second kappa shape index (κ2) is 4.78. The van der Waals surface area contributed by atoms with Crippen molar-refractivity contribution in [2.24, 2.45) is 0 Å². The molecule has 1 aromatic rings. The molecule has 0 bridgehead atoms. The SMILES string of the molecule is O=C1C(=O)N(Cc2ccccc2Br)C2CC=CC=C12. The van der Waals surface area contributed by atoms with E-state index in [1.54, 1.807) is 11.0 Å². The zero-order valence-electron chi connectivity index (χ0n) is 10.2. The fourth-order valence-electron chi connectivity index (χ4n) is 2.53. The topological polar surface area (TPSA) is 37.4 Å². The molecule has 1 heterocycles. The summed E-state index contributed by atoms with van der Waals surface area (Å²) in [5, 5.41) is 0. The Morgan fingerprint density at radius 1 is 1.26 bits per heavy atom. The Morgan fingerprint density at radius 2 is 2.05 bits per heavy atom. The average Bonchev–Trinajstić information content (AvgIpc) is 2.67. The minimum atomic E-state index is -0.393. The van der Waals surface area contributed by atoms with Gasteiger partial charge in [0.05, 0.1) is 6.04 Å². The standard InChI is InChI=1S/C15H12BrNO2/c16-12-7-3-1-5-10(12)9-17-13-8-4-2-6-11(13)14(18)15(17)19/h1-7,13H,8-9H2. The summed E-state index contributed by atoms with van der Waals surface area (Å²) in [6, 6.07) is 7.66. The highest BCUT2D eigenvalue weighted by Gasteiger charge is 2.42. The van der Waals surface area contributed by atoms with E-state index in [-0.39, 0.29) is 11.8 Å². The molecule has 1 unspecified atom stereocenters. The third kappa shape index (κ3) is 2.06. The molecule has 0 spiro atoms. The fraction of sp³-hybridized carbons (Fsp3) is 0.200. The van der Waals surface area contributed by atoms with Crippen molar-refractivity contribution in [1.82, 2.24) is 4.90 Å². The molecule has 0 aromatic heterocycles. The molecule has 1 aliphatic heterocycles. The molecule has 1 aromatic carbocycles. The number of rotatable bonds is 2. The molecule has 2 aliphatic rings. The first-order chi connectivity index (χ1) is 9.18. The number of halogens is 1. The van der Waals surface area contributed by atoms with Crippen LogP contribution in [0.2, 0.25) is 0 Å². The van der Waals surface area contributed by atoms with Crippen molar-refractivity contribution >= 4 is 27.6 Å². The first-order valence-electron chi connectivity index (χ1n) is 6.14. The Morgan fingerprint density at radius 3 is 2.84 bits per heavy atom. The number of likely N-dealkylation sites (tertiary alicyclic amines) is 1. The van der Waals surface area contributed by atoms with E-state index in [4.69, 9.17) is 0 Å². The molecule has 0 radical (unpaired) electrons. The number of allylic oxidation sites excluding steroid dienone is 2. The molecule has 0 N–H and O–H groups in total. The number of hydrogen-bond acceptors (Lipinski definition) is 2. The van der Waals surface area contributed by atoms with Gasteiger partial charge in [0.25, 0.3) is 5.91 Å². The number of carbonyl (C=O) groups excluding carboxylic acids is 2. The van der Waals surface area contributed by atoms with Crippen LogP contribution in [0.5, 0.6) is 0 Å². The molecule has 1 aliphatic carbocycles. The summed E-state index contributed by atoms with van der Waals surface area (Å²) in [6.45, 7) is 0.460. The molecule has 4 heteroatoms. The first-order valence-corrected chi connectivity index (χ1v) is 6.93. The maximum Gasteiger partial charge on any atom is 0.295 e. The molecular formula is C15H12BrNO2. The van der Waals surface area contributed by atoms with E-state index in [0.29, 0.717) is 18.5 Å². The Labute approximate surface area is 119 Å². The van der Waals surface area contributed by atoms with Crippen LogP contribution in [-0.4, -0.2) is 22.6 Å². The summed E-state index contributed by atoms with van der Waals surface area (Å²) in [4.78, 5) is 25.7. The van der Waals surface area contributed by atoms with Crippen molar-refractivity contribution in [2.45, 2.75) is 19.0 Å². The molecule has 19 heavy (non-hydrogen) atoms. The van der Waals surface area contributed by atoms with Crippen molar-refractivity contribution < 1.29 is 9.59 Å². The Hall–Kier alpha value is -1.68. The molecule has 96 valence electrons. The molecule has 1 fully saturated rings. The molecule has 1 amide bonds. The highest BCUT2D eigenvalue weighted by Crippen LogP contribution is 2.30. The van der Waals surface area contributed by atoms with Gasteiger partial charge in [-0.05, 0) is 18.1 Å². The zero-order chi connectivity index (χ0) is 13.4. The predicted molar refractivity (Wildman–Crippen MR) is 75.3 cm³/mol. The summed E-state index contributed by atoms with van der Waals surface area (Å²) >= 11 is 3.48. The lowest BCUT2D eigenvalue weighted by Crippen LogP contribution is -2.33. The Bertz CT molecular complexity index is 618. The largest absolute Gasteiger partial charge is 0.324 e. The second-order valence-electron chi connectivity index (χ2n) is 4.66. The number of ketones is 1. The number of Topliss-reactive ketones (excluding diaryl/α,β-unsaturated/α-hetero) is 1. The first kappa shape index (κ1) is 12.4. The number of hydrogen-bond donors (Lipinski definition) is 0. The van der Waals surface area contributed by atoms with Crippen molar-refractivity contribution in [3.05, 3.63) is 58.1 Å². The smallest absolute Gasteiger partial charge is 0.295 e. The van der Waals surface area contributed by atoms with Crippen molar-refractivity contribution in [2.75, 3.05) is 0 Å². The van der Waals surface area contributed by atoms with Gasteiger partial charge in [-0.25, -0.2) is 0 Å². The van der Waals surface area contributed by atoms with Crippen LogP contribution < -0.4 is 0 Å². The van der Waals surface area contributed by atoms with E-state index in [0.717, 1.165) is 10.0 Å². The molecular weight excluding hydrogens is 306 g/mol. The van der Waals surface area contributed by atoms with Crippen LogP contribution in [0.3, 0.4) is 0 Å². The lowest BCUT2D eigenvalue weighted by molar-refractivity contribution is -0.140. The predicted octanol–water partition coefficient (Wildman–Crippen LogP) is 2.62. The van der Waals surface area contributed by atoms with Crippen LogP contribution in [0.15, 0.2) is 52.5 Å². The lowest BCUT2D eigenvalue weighted by Gasteiger charge is -2.25. The maximum absolute atomic E-state index is 12.1. The number of fused-ring (bicyclic) bond motifs is 1. The molecule has 3 rings (SSSR count). The number of nitrogens with zero attached hydrogens (tertiary/aromatic N) is 1. The fourth-order valence-corrected chi connectivity index (χ4v) is 2.94. The van der Waals surface area contributed by atoms with Gasteiger partial charge in [0, 0.05) is 16.6 Å². The van der Waals surface area contributed by atoms with Crippen LogP contribution in [0, 0.1) is 0 Å². The van der Waals surface area contributed by atoms with E-state index >= 15 is 0 Å². The van der Waals surface area contributed by atoms with E-state index in [1.807, 2.05) is 36.4 Å². The second-order valence-corrected chi connectivity index (χ2v) is 5.51. The molecule has 3 nitrogen and oxygen atoms in total. The van der Waals surface area contributed by atoms with Crippen LogP contribution in [-0.2, 0) is 16.1 Å². The van der Waals surface area contributed by atoms with Gasteiger partial charge in [-0.3, -0.25) is 9.59 Å². The van der Waals surface area contributed by atoms with E-state index in [9.17, 15) is 9.59 Å². The van der Waals surface area contributed by atoms with Gasteiger partial charge in [0.15, 0.2) is 0 Å². The van der Waals surface area contributed by atoms with E-state index in [1.165, 1.54) is 0 Å². The van der Waals surface area contributed by atoms with Gasteiger partial charge in [-0.2, -0.15) is 0 Å². The monoisotopic (exact) mass is 317 g/mol. The van der Waals surface area contributed by atoms with Crippen LogP contribution in [0.1, 0.15) is 12.0 Å². The molecule has 0 saturated carbocycles. The van der Waals surface area contributed by atoms with Crippen molar-refractivity contribution in [1.29, 1.82) is 0 Å². The quantitative estimate of drug-likeness (QED) is 0.786. The Balaban J connectivity index is 1.91. The molecule has 1 atom stereocenters. The maximum atomic E-state index is 12.1. The van der Waals surface area contributed by atoms with Gasteiger partial charge in [0.1, 0.15) is 0 Å². The summed E-state index contributed by atoms with van der Waals surface area (Å²) in [5.74, 6) is -0.753. The van der Waals surface area contributed by atoms with E-state index < -0.39 is 5.91 Å². The minimum Gasteiger partial charge on any atom is -0.324 e. The van der Waals surface area contributed by atoms with E-state index in [2.05, 4.69) is 15.9 Å². The van der Waals surface area contributed by atoms with Crippen LogP contribution in [0.25, 0.3) is 0 Å². The highest BCUT2D eigenvalue weighted by molar-refractivity contribution is 9.10. The summed E-state index contributed by atoms with van der Waals surface area (Å²) in [6.07, 6.45) is 6.31. The zero-order valence-corrected chi connectivity index (χ0v) is 11.8. The minimum absolute atomic E-state index is 0.0999. The van der Waals surface area contributed by atoms with Gasteiger partial charge in [0.2, 0.25) is 5.78 Å². The number of carbonyl (C=O) groups is 2. The Kier molecular flexibility index (Phi) is 3.11. The summed E-state index contributed by atoms with van der Waals surface area (Å²) < 4.78 is 0.957. The summed E-state index contributed by atoms with van der Waals surface area (Å²) in [7, 11) is 0. The number of benzene rings is 1. The van der Waals surface area contributed by atoms with Gasteiger partial charge in [-0.15, -0.1) is 0 Å². The number of amides is 1. The lowest BCUT2D eigenvalue weighted by atomic mass is 9.99.